The molecule has 0 spiro atoms. The van der Waals surface area contributed by atoms with Gasteiger partial charge in [0.25, 0.3) is 0 Å². The van der Waals surface area contributed by atoms with Crippen LogP contribution in [0.15, 0.2) is 18.5 Å². The van der Waals surface area contributed by atoms with Gasteiger partial charge in [-0.05, 0) is 19.0 Å². The van der Waals surface area contributed by atoms with Crippen molar-refractivity contribution in [1.29, 1.82) is 0 Å². The van der Waals surface area contributed by atoms with Crippen molar-refractivity contribution >= 4 is 11.5 Å². The van der Waals surface area contributed by atoms with Gasteiger partial charge in [0, 0.05) is 37.9 Å². The van der Waals surface area contributed by atoms with E-state index in [0.29, 0.717) is 5.92 Å². The van der Waals surface area contributed by atoms with Crippen molar-refractivity contribution < 1.29 is 0 Å². The lowest BCUT2D eigenvalue weighted by atomic mass is 10.1. The summed E-state index contributed by atoms with van der Waals surface area (Å²) >= 11 is 0. The zero-order valence-electron chi connectivity index (χ0n) is 11.9. The summed E-state index contributed by atoms with van der Waals surface area (Å²) in [7, 11) is 2.17. The van der Waals surface area contributed by atoms with Gasteiger partial charge in [-0.15, -0.1) is 0 Å². The number of hydrogen-bond donors (Lipinski definition) is 0. The maximum absolute atomic E-state index is 4.81. The number of hydrogen-bond acceptors (Lipinski definition) is 4. The van der Waals surface area contributed by atoms with Crippen molar-refractivity contribution in [3.8, 4) is 0 Å². The van der Waals surface area contributed by atoms with E-state index in [2.05, 4.69) is 41.9 Å². The highest BCUT2D eigenvalue weighted by molar-refractivity contribution is 5.53. The van der Waals surface area contributed by atoms with Crippen molar-refractivity contribution in [3.63, 3.8) is 0 Å². The second kappa shape index (κ2) is 4.81. The first-order valence-electron chi connectivity index (χ1n) is 6.93. The van der Waals surface area contributed by atoms with Crippen molar-refractivity contribution in [2.45, 2.75) is 19.8 Å². The maximum atomic E-state index is 4.81. The fraction of sp³-hybridized carbons (Fsp3) is 0.571. The van der Waals surface area contributed by atoms with Gasteiger partial charge in [-0.25, -0.2) is 9.50 Å². The zero-order valence-corrected chi connectivity index (χ0v) is 11.9. The molecule has 102 valence electrons. The summed E-state index contributed by atoms with van der Waals surface area (Å²) in [6, 6.07) is 2.06. The molecule has 0 aromatic carbocycles. The Hall–Kier alpha value is -1.62. The van der Waals surface area contributed by atoms with Crippen molar-refractivity contribution in [1.82, 2.24) is 19.5 Å². The van der Waals surface area contributed by atoms with Gasteiger partial charge in [-0.1, -0.05) is 13.8 Å². The van der Waals surface area contributed by atoms with Crippen LogP contribution in [0.4, 0.5) is 5.82 Å². The molecule has 5 nitrogen and oxygen atoms in total. The predicted octanol–water partition coefficient (Wildman–Crippen LogP) is 1.60. The molecule has 0 atom stereocenters. The SMILES string of the molecule is CC(C)c1cnn2ccc(N3CCN(C)CC3)nc12. The fourth-order valence-electron chi connectivity index (χ4n) is 2.50. The maximum Gasteiger partial charge on any atom is 0.160 e. The molecular weight excluding hydrogens is 238 g/mol. The van der Waals surface area contributed by atoms with Gasteiger partial charge in [0.05, 0.1) is 6.20 Å². The standard InChI is InChI=1S/C14H21N5/c1-11(2)12-10-15-19-5-4-13(16-14(12)19)18-8-6-17(3)7-9-18/h4-5,10-11H,6-9H2,1-3H3. The van der Waals surface area contributed by atoms with E-state index >= 15 is 0 Å². The highest BCUT2D eigenvalue weighted by Gasteiger charge is 2.17. The molecule has 2 aromatic heterocycles. The molecule has 2 aromatic rings. The first-order chi connectivity index (χ1) is 9.15. The summed E-state index contributed by atoms with van der Waals surface area (Å²) in [5.41, 5.74) is 2.21. The third-order valence-corrected chi connectivity index (χ3v) is 3.83. The Morgan fingerprint density at radius 1 is 1.16 bits per heavy atom. The number of fused-ring (bicyclic) bond motifs is 1. The molecule has 1 saturated heterocycles. The van der Waals surface area contributed by atoms with E-state index in [1.54, 1.807) is 0 Å². The second-order valence-corrected chi connectivity index (χ2v) is 5.60. The van der Waals surface area contributed by atoms with Crippen LogP contribution in [0.2, 0.25) is 0 Å². The Morgan fingerprint density at radius 2 is 1.89 bits per heavy atom. The van der Waals surface area contributed by atoms with Gasteiger partial charge in [0.15, 0.2) is 5.65 Å². The smallest absolute Gasteiger partial charge is 0.160 e. The summed E-state index contributed by atoms with van der Waals surface area (Å²) in [4.78, 5) is 9.53. The summed E-state index contributed by atoms with van der Waals surface area (Å²) in [5, 5.41) is 4.37. The number of aromatic nitrogens is 3. The van der Waals surface area contributed by atoms with Gasteiger partial charge < -0.3 is 9.80 Å². The average Bonchev–Trinajstić information content (AvgIpc) is 2.82. The molecule has 5 heteroatoms. The monoisotopic (exact) mass is 259 g/mol. The first kappa shape index (κ1) is 12.4. The topological polar surface area (TPSA) is 36.7 Å². The molecule has 1 aliphatic heterocycles. The Balaban J connectivity index is 1.94. The molecule has 3 rings (SSSR count). The van der Waals surface area contributed by atoms with Crippen LogP contribution in [0.25, 0.3) is 5.65 Å². The van der Waals surface area contributed by atoms with Gasteiger partial charge in [-0.3, -0.25) is 0 Å². The number of rotatable bonds is 2. The summed E-state index contributed by atoms with van der Waals surface area (Å²) in [5.74, 6) is 1.52. The minimum Gasteiger partial charge on any atom is -0.354 e. The Morgan fingerprint density at radius 3 is 2.58 bits per heavy atom. The van der Waals surface area contributed by atoms with Crippen LogP contribution in [0.3, 0.4) is 0 Å². The third kappa shape index (κ3) is 2.30. The van der Waals surface area contributed by atoms with E-state index in [9.17, 15) is 0 Å². The van der Waals surface area contributed by atoms with Crippen LogP contribution < -0.4 is 4.90 Å². The number of nitrogens with zero attached hydrogens (tertiary/aromatic N) is 5. The quantitative estimate of drug-likeness (QED) is 0.821. The zero-order chi connectivity index (χ0) is 13.4. The molecule has 1 aliphatic rings. The molecular formula is C14H21N5. The minimum absolute atomic E-state index is 0.452. The van der Waals surface area contributed by atoms with Gasteiger partial charge in [-0.2, -0.15) is 5.10 Å². The Kier molecular flexibility index (Phi) is 3.14. The Labute approximate surface area is 113 Å². The average molecular weight is 259 g/mol. The highest BCUT2D eigenvalue weighted by atomic mass is 15.3. The van der Waals surface area contributed by atoms with Crippen molar-refractivity contribution in [2.75, 3.05) is 38.1 Å². The van der Waals surface area contributed by atoms with E-state index in [0.717, 1.165) is 37.6 Å². The Bertz CT molecular complexity index is 566. The number of anilines is 1. The van der Waals surface area contributed by atoms with Crippen LogP contribution in [0.5, 0.6) is 0 Å². The van der Waals surface area contributed by atoms with Gasteiger partial charge >= 0.3 is 0 Å². The lowest BCUT2D eigenvalue weighted by molar-refractivity contribution is 0.312. The van der Waals surface area contributed by atoms with E-state index in [-0.39, 0.29) is 0 Å². The van der Waals surface area contributed by atoms with Crippen molar-refractivity contribution in [2.24, 2.45) is 0 Å². The number of piperazine rings is 1. The molecule has 19 heavy (non-hydrogen) atoms. The molecule has 0 amide bonds. The van der Waals surface area contributed by atoms with E-state index < -0.39 is 0 Å². The van der Waals surface area contributed by atoms with Gasteiger partial charge in [0.1, 0.15) is 5.82 Å². The van der Waals surface area contributed by atoms with Crippen molar-refractivity contribution in [3.05, 3.63) is 24.0 Å². The highest BCUT2D eigenvalue weighted by Crippen LogP contribution is 2.21. The first-order valence-corrected chi connectivity index (χ1v) is 6.93. The summed E-state index contributed by atoms with van der Waals surface area (Å²) in [6.45, 7) is 8.66. The normalized spacial score (nSPS) is 17.6. The largest absolute Gasteiger partial charge is 0.354 e. The third-order valence-electron chi connectivity index (χ3n) is 3.83. The molecule has 0 saturated carbocycles. The molecule has 0 bridgehead atoms. The molecule has 0 aliphatic carbocycles. The molecule has 0 unspecified atom stereocenters. The van der Waals surface area contributed by atoms with Crippen LogP contribution in [0, 0.1) is 0 Å². The van der Waals surface area contributed by atoms with E-state index in [1.807, 2.05) is 16.9 Å². The van der Waals surface area contributed by atoms with Crippen LogP contribution in [0.1, 0.15) is 25.3 Å². The number of likely N-dealkylation sites (N-methyl/N-ethyl adjacent to an activating group) is 1. The fourth-order valence-corrected chi connectivity index (χ4v) is 2.50. The van der Waals surface area contributed by atoms with Crippen LogP contribution >= 0.6 is 0 Å². The molecule has 3 heterocycles. The molecule has 0 N–H and O–H groups in total. The second-order valence-electron chi connectivity index (χ2n) is 5.60. The molecule has 0 radical (unpaired) electrons. The van der Waals surface area contributed by atoms with Crippen LogP contribution in [-0.2, 0) is 0 Å². The van der Waals surface area contributed by atoms with Crippen LogP contribution in [-0.4, -0.2) is 52.7 Å². The lowest BCUT2D eigenvalue weighted by Crippen LogP contribution is -2.44. The van der Waals surface area contributed by atoms with E-state index in [4.69, 9.17) is 4.98 Å². The lowest BCUT2D eigenvalue weighted by Gasteiger charge is -2.33. The minimum atomic E-state index is 0.452. The van der Waals surface area contributed by atoms with E-state index in [1.165, 1.54) is 5.56 Å². The summed E-state index contributed by atoms with van der Waals surface area (Å²) in [6.07, 6.45) is 3.95. The predicted molar refractivity (Wildman–Crippen MR) is 76.8 cm³/mol. The molecule has 1 fully saturated rings. The van der Waals surface area contributed by atoms with Gasteiger partial charge in [0.2, 0.25) is 0 Å². The summed E-state index contributed by atoms with van der Waals surface area (Å²) < 4.78 is 1.87.